The zero-order valence-electron chi connectivity index (χ0n) is 18.7. The van der Waals surface area contributed by atoms with E-state index >= 15 is 0 Å². The van der Waals surface area contributed by atoms with Crippen molar-refractivity contribution in [1.29, 1.82) is 0 Å². The van der Waals surface area contributed by atoms with Crippen LogP contribution in [0.1, 0.15) is 30.7 Å². The van der Waals surface area contributed by atoms with Gasteiger partial charge in [-0.15, -0.1) is 16.7 Å². The Kier molecular flexibility index (Phi) is 8.66. The van der Waals surface area contributed by atoms with Crippen molar-refractivity contribution in [2.75, 3.05) is 19.1 Å². The first-order chi connectivity index (χ1) is 15.8. The Bertz CT molecular complexity index is 996. The van der Waals surface area contributed by atoms with Gasteiger partial charge in [-0.05, 0) is 35.4 Å². The van der Waals surface area contributed by atoms with E-state index in [9.17, 15) is 14.6 Å². The monoisotopic (exact) mass is 476 g/mol. The van der Waals surface area contributed by atoms with Crippen LogP contribution in [0.2, 0.25) is 0 Å². The number of halogens is 2. The zero-order valence-corrected chi connectivity index (χ0v) is 19.5. The second kappa shape index (κ2) is 11.4. The van der Waals surface area contributed by atoms with E-state index in [1.807, 2.05) is 48.5 Å². The van der Waals surface area contributed by atoms with E-state index in [-0.39, 0.29) is 36.7 Å². The lowest BCUT2D eigenvalue weighted by Crippen LogP contribution is -2.24. The van der Waals surface area contributed by atoms with Gasteiger partial charge in [-0.2, -0.15) is 0 Å². The molecule has 0 aliphatic heterocycles. The van der Waals surface area contributed by atoms with Gasteiger partial charge in [0.25, 0.3) is 0 Å². The third kappa shape index (κ3) is 6.90. The fraction of sp³-hybridized carbons (Fsp3) is 0.417. The topological polar surface area (TPSA) is 89.6 Å². The Balaban J connectivity index is 1.55. The molecule has 2 N–H and O–H groups in total. The maximum atomic E-state index is 12.5. The average Bonchev–Trinajstić information content (AvgIpc) is 3.29. The summed E-state index contributed by atoms with van der Waals surface area (Å²) < 4.78 is 25.2. The number of hydrogen-bond acceptors (Lipinski definition) is 6. The van der Waals surface area contributed by atoms with Gasteiger partial charge in [-0.3, -0.25) is 0 Å². The first-order valence-corrected chi connectivity index (χ1v) is 11.2. The van der Waals surface area contributed by atoms with Crippen LogP contribution in [0.3, 0.4) is 0 Å². The quantitative estimate of drug-likeness (QED) is 0.389. The van der Waals surface area contributed by atoms with E-state index in [4.69, 9.17) is 21.1 Å². The highest BCUT2D eigenvalue weighted by Crippen LogP contribution is 2.33. The van der Waals surface area contributed by atoms with Crippen molar-refractivity contribution in [3.05, 3.63) is 71.5 Å². The summed E-state index contributed by atoms with van der Waals surface area (Å²) in [6.07, 6.45) is -0.0369. The van der Waals surface area contributed by atoms with E-state index in [0.717, 1.165) is 11.1 Å². The third-order valence-corrected chi connectivity index (χ3v) is 5.69. The molecule has 0 aliphatic carbocycles. The number of ether oxygens (including phenoxy) is 2. The second-order valence-corrected chi connectivity index (χ2v) is 8.63. The summed E-state index contributed by atoms with van der Waals surface area (Å²) in [4.78, 5) is 0. The molecule has 1 heterocycles. The van der Waals surface area contributed by atoms with Crippen molar-refractivity contribution in [2.24, 2.45) is 0 Å². The molecule has 0 radical (unpaired) electrons. The van der Waals surface area contributed by atoms with Crippen LogP contribution in [0.15, 0.2) is 54.7 Å². The molecule has 0 unspecified atom stereocenters. The molecule has 2 atom stereocenters. The number of aliphatic hydroxyl groups excluding tert-OH is 2. The number of nitrogens with zero attached hydrogens (tertiary/aromatic N) is 3. The fourth-order valence-corrected chi connectivity index (χ4v) is 3.38. The molecule has 7 nitrogen and oxygen atoms in total. The molecule has 178 valence electrons. The van der Waals surface area contributed by atoms with E-state index in [1.54, 1.807) is 0 Å². The molecular formula is C24H29ClFN3O4. The largest absolute Gasteiger partial charge is 0.491 e. The summed E-state index contributed by atoms with van der Waals surface area (Å²) >= 11 is 5.59. The third-order valence-electron chi connectivity index (χ3n) is 5.34. The molecule has 0 saturated heterocycles. The van der Waals surface area contributed by atoms with Crippen LogP contribution in [0.25, 0.3) is 0 Å². The molecule has 0 amide bonds. The summed E-state index contributed by atoms with van der Waals surface area (Å²) in [6, 6.07) is 15.5. The number of hydrogen-bond donors (Lipinski definition) is 2. The Morgan fingerprint density at radius 3 is 1.91 bits per heavy atom. The van der Waals surface area contributed by atoms with Gasteiger partial charge in [-0.25, -0.2) is 9.07 Å². The Labute approximate surface area is 197 Å². The van der Waals surface area contributed by atoms with E-state index < -0.39 is 18.9 Å². The van der Waals surface area contributed by atoms with Gasteiger partial charge >= 0.3 is 0 Å². The number of alkyl halides is 2. The smallest absolute Gasteiger partial charge is 0.135 e. The predicted molar refractivity (Wildman–Crippen MR) is 124 cm³/mol. The molecule has 1 aromatic heterocycles. The second-order valence-electron chi connectivity index (χ2n) is 8.32. The van der Waals surface area contributed by atoms with E-state index in [2.05, 4.69) is 24.2 Å². The van der Waals surface area contributed by atoms with Crippen LogP contribution in [0, 0.1) is 0 Å². The standard InChI is InChI=1S/C24H29ClFN3O4/c1-24(2,17-3-7-22(8-4-17)32-15-20(30)11-25)18-5-9-23(10-6-18)33-16-21(31)14-29-13-19(12-26)27-28-29/h3-10,13,20-21,30-31H,11-12,14-16H2,1-2H3/t20-,21+/m1/s1/i26-1. The van der Waals surface area contributed by atoms with Crippen LogP contribution in [0.5, 0.6) is 11.5 Å². The first kappa shape index (κ1) is 25.0. The lowest BCUT2D eigenvalue weighted by Gasteiger charge is -2.26. The molecule has 0 bridgehead atoms. The minimum Gasteiger partial charge on any atom is -0.491 e. The number of aromatic nitrogens is 3. The molecule has 0 aliphatic rings. The van der Waals surface area contributed by atoms with Crippen LogP contribution in [-0.2, 0) is 18.6 Å². The molecule has 3 rings (SSSR count). The molecule has 3 aromatic rings. The molecular weight excluding hydrogens is 448 g/mol. The maximum Gasteiger partial charge on any atom is 0.135 e. The molecule has 0 fully saturated rings. The summed E-state index contributed by atoms with van der Waals surface area (Å²) in [6.45, 7) is 3.97. The number of aliphatic hydroxyl groups is 2. The van der Waals surface area contributed by atoms with Crippen molar-refractivity contribution in [3.8, 4) is 11.5 Å². The van der Waals surface area contributed by atoms with Crippen LogP contribution in [-0.4, -0.2) is 56.5 Å². The van der Waals surface area contributed by atoms with Crippen molar-refractivity contribution in [2.45, 2.75) is 44.7 Å². The number of rotatable bonds is 12. The first-order valence-electron chi connectivity index (χ1n) is 10.7. The normalized spacial score (nSPS) is 13.5. The predicted octanol–water partition coefficient (Wildman–Crippen LogP) is 3.49. The van der Waals surface area contributed by atoms with Crippen LogP contribution < -0.4 is 9.47 Å². The lowest BCUT2D eigenvalue weighted by atomic mass is 9.78. The highest BCUT2D eigenvalue weighted by atomic mass is 35.5. The minimum absolute atomic E-state index is 0.0768. The Morgan fingerprint density at radius 2 is 1.45 bits per heavy atom. The Morgan fingerprint density at radius 1 is 0.939 bits per heavy atom. The molecule has 2 aromatic carbocycles. The highest BCUT2D eigenvalue weighted by molar-refractivity contribution is 6.18. The van der Waals surface area contributed by atoms with Crippen molar-refractivity contribution < 1.29 is 24.1 Å². The van der Waals surface area contributed by atoms with Crippen molar-refractivity contribution in [1.82, 2.24) is 15.0 Å². The van der Waals surface area contributed by atoms with Gasteiger partial charge in [0.15, 0.2) is 0 Å². The average molecular weight is 477 g/mol. The highest BCUT2D eigenvalue weighted by Gasteiger charge is 2.23. The SMILES string of the molecule is CC(C)(c1ccc(OC[C@H](O)CCl)cc1)c1ccc(OC[C@@H](O)Cn2cc(C[18F])nn2)cc1. The summed E-state index contributed by atoms with van der Waals surface area (Å²) in [5.74, 6) is 1.44. The van der Waals surface area contributed by atoms with Gasteiger partial charge < -0.3 is 19.7 Å². The molecule has 0 saturated carbocycles. The summed E-state index contributed by atoms with van der Waals surface area (Å²) in [5, 5.41) is 27.1. The maximum absolute atomic E-state index is 12.5. The number of benzene rings is 2. The van der Waals surface area contributed by atoms with E-state index in [0.29, 0.717) is 11.5 Å². The van der Waals surface area contributed by atoms with E-state index in [1.165, 1.54) is 10.9 Å². The van der Waals surface area contributed by atoms with Crippen LogP contribution >= 0.6 is 11.6 Å². The summed E-state index contributed by atoms with van der Waals surface area (Å²) in [7, 11) is 0. The van der Waals surface area contributed by atoms with Crippen LogP contribution in [0.4, 0.5) is 4.39 Å². The van der Waals surface area contributed by atoms with Gasteiger partial charge in [0, 0.05) is 5.41 Å². The minimum atomic E-state index is -0.804. The zero-order chi connectivity index (χ0) is 23.8. The van der Waals surface area contributed by atoms with Gasteiger partial charge in [-0.1, -0.05) is 43.3 Å². The Hall–Kier alpha value is -2.68. The van der Waals surface area contributed by atoms with Crippen molar-refractivity contribution in [3.63, 3.8) is 0 Å². The molecule has 0 spiro atoms. The van der Waals surface area contributed by atoms with Gasteiger partial charge in [0.2, 0.25) is 0 Å². The lowest BCUT2D eigenvalue weighted by molar-refractivity contribution is 0.0888. The molecule has 9 heteroatoms. The van der Waals surface area contributed by atoms with Gasteiger partial charge in [0.05, 0.1) is 18.6 Å². The summed E-state index contributed by atoms with van der Waals surface area (Å²) in [5.41, 5.74) is 2.18. The van der Waals surface area contributed by atoms with Crippen molar-refractivity contribution >= 4 is 11.6 Å². The molecule has 33 heavy (non-hydrogen) atoms. The fourth-order valence-electron chi connectivity index (χ4n) is 3.29. The van der Waals surface area contributed by atoms with Gasteiger partial charge in [0.1, 0.15) is 49.3 Å².